The number of benzene rings is 1. The molecule has 9 heteroatoms. The van der Waals surface area contributed by atoms with E-state index >= 15 is 0 Å². The minimum atomic E-state index is -1.94. The van der Waals surface area contributed by atoms with Gasteiger partial charge in [-0.05, 0) is 24.3 Å². The molecule has 0 aromatic heterocycles. The zero-order valence-electron chi connectivity index (χ0n) is 11.0. The molecule has 0 aliphatic carbocycles. The van der Waals surface area contributed by atoms with Crippen LogP contribution >= 0.6 is 0 Å². The first-order valence-electron chi connectivity index (χ1n) is 6.20. The van der Waals surface area contributed by atoms with Gasteiger partial charge in [-0.25, -0.2) is 14.0 Å². The van der Waals surface area contributed by atoms with E-state index in [-0.39, 0.29) is 5.56 Å². The predicted octanol–water partition coefficient (Wildman–Crippen LogP) is -1.13. The third-order valence-electron chi connectivity index (χ3n) is 3.13. The summed E-state index contributed by atoms with van der Waals surface area (Å²) in [6, 6.07) is 4.26. The topological polar surface area (TPSA) is 134 Å². The molecule has 1 heterocycles. The number of hydrogen-bond donors (Lipinski definition) is 4. The lowest BCUT2D eigenvalue weighted by Crippen LogP contribution is -2.60. The van der Waals surface area contributed by atoms with E-state index in [9.17, 15) is 29.3 Å². The summed E-state index contributed by atoms with van der Waals surface area (Å²) >= 11 is 0. The van der Waals surface area contributed by atoms with Gasteiger partial charge in [-0.2, -0.15) is 0 Å². The van der Waals surface area contributed by atoms with E-state index < -0.39 is 48.5 Å². The highest BCUT2D eigenvalue weighted by Crippen LogP contribution is 2.23. The number of carboxylic acids is 1. The number of rotatable bonds is 3. The summed E-state index contributed by atoms with van der Waals surface area (Å²) in [5.41, 5.74) is -0.0596. The van der Waals surface area contributed by atoms with Crippen molar-refractivity contribution in [3.05, 3.63) is 35.6 Å². The van der Waals surface area contributed by atoms with Gasteiger partial charge in [-0.15, -0.1) is 0 Å². The summed E-state index contributed by atoms with van der Waals surface area (Å²) in [5.74, 6) is -3.17. The average molecular weight is 316 g/mol. The van der Waals surface area contributed by atoms with Crippen molar-refractivity contribution in [3.8, 4) is 0 Å². The molecule has 0 radical (unpaired) electrons. The van der Waals surface area contributed by atoms with Gasteiger partial charge in [0, 0.05) is 0 Å². The van der Waals surface area contributed by atoms with Gasteiger partial charge in [0.05, 0.1) is 5.56 Å². The van der Waals surface area contributed by atoms with E-state index in [1.54, 1.807) is 0 Å². The summed E-state index contributed by atoms with van der Waals surface area (Å²) in [6.45, 7) is 0. The first-order chi connectivity index (χ1) is 10.3. The molecular weight excluding hydrogens is 303 g/mol. The van der Waals surface area contributed by atoms with Gasteiger partial charge in [-0.3, -0.25) is 0 Å². The largest absolute Gasteiger partial charge is 0.479 e. The van der Waals surface area contributed by atoms with Gasteiger partial charge in [0.15, 0.2) is 18.5 Å². The summed E-state index contributed by atoms with van der Waals surface area (Å²) < 4.78 is 22.2. The van der Waals surface area contributed by atoms with Crippen molar-refractivity contribution in [3.63, 3.8) is 0 Å². The Balaban J connectivity index is 2.10. The van der Waals surface area contributed by atoms with Crippen molar-refractivity contribution in [1.82, 2.24) is 0 Å². The highest BCUT2D eigenvalue weighted by Gasteiger charge is 2.49. The summed E-state index contributed by atoms with van der Waals surface area (Å²) in [5, 5.41) is 37.8. The molecule has 120 valence electrons. The molecule has 0 bridgehead atoms. The normalized spacial score (nSPS) is 31.5. The maximum absolute atomic E-state index is 12.8. The lowest BCUT2D eigenvalue weighted by molar-refractivity contribution is -0.279. The lowest BCUT2D eigenvalue weighted by Gasteiger charge is -2.38. The van der Waals surface area contributed by atoms with Crippen LogP contribution in [-0.2, 0) is 14.3 Å². The van der Waals surface area contributed by atoms with Gasteiger partial charge in [0.25, 0.3) is 0 Å². The molecule has 2 rings (SSSR count). The van der Waals surface area contributed by atoms with Crippen molar-refractivity contribution in [1.29, 1.82) is 0 Å². The number of hydrogen-bond acceptors (Lipinski definition) is 7. The predicted molar refractivity (Wildman–Crippen MR) is 66.1 cm³/mol. The van der Waals surface area contributed by atoms with E-state index in [0.29, 0.717) is 0 Å². The Kier molecular flexibility index (Phi) is 4.71. The fourth-order valence-electron chi connectivity index (χ4n) is 1.96. The molecule has 1 aliphatic heterocycles. The molecule has 22 heavy (non-hydrogen) atoms. The average Bonchev–Trinajstić information content (AvgIpc) is 2.47. The molecular formula is C13H13FO8. The molecule has 0 saturated carbocycles. The number of ether oxygens (including phenoxy) is 2. The van der Waals surface area contributed by atoms with Crippen molar-refractivity contribution in [2.24, 2.45) is 0 Å². The third-order valence-corrected chi connectivity index (χ3v) is 3.13. The summed E-state index contributed by atoms with van der Waals surface area (Å²) in [4.78, 5) is 22.6. The van der Waals surface area contributed by atoms with Crippen LogP contribution < -0.4 is 0 Å². The van der Waals surface area contributed by atoms with Crippen molar-refractivity contribution >= 4 is 11.9 Å². The zero-order valence-corrected chi connectivity index (χ0v) is 11.0. The van der Waals surface area contributed by atoms with Crippen molar-refractivity contribution in [2.75, 3.05) is 0 Å². The Hall–Kier alpha value is -2.07. The van der Waals surface area contributed by atoms with Gasteiger partial charge in [0.1, 0.15) is 18.0 Å². The van der Waals surface area contributed by atoms with Gasteiger partial charge in [0.2, 0.25) is 0 Å². The highest BCUT2D eigenvalue weighted by atomic mass is 19.1. The van der Waals surface area contributed by atoms with Crippen molar-refractivity contribution in [2.45, 2.75) is 30.7 Å². The van der Waals surface area contributed by atoms with Gasteiger partial charge < -0.3 is 29.9 Å². The Morgan fingerprint density at radius 3 is 2.23 bits per heavy atom. The number of aliphatic hydroxyl groups is 3. The van der Waals surface area contributed by atoms with E-state index in [4.69, 9.17) is 9.84 Å². The molecule has 0 amide bonds. The SMILES string of the molecule is O=C(O[C@@H]1[C@@H](O)[C@H](O)[C@@H](C(=O)O)O[C@@H]1O)c1ccc(F)cc1. The second kappa shape index (κ2) is 6.36. The molecule has 5 atom stereocenters. The highest BCUT2D eigenvalue weighted by molar-refractivity contribution is 5.89. The molecule has 4 N–H and O–H groups in total. The van der Waals surface area contributed by atoms with Crippen LogP contribution in [0, 0.1) is 5.82 Å². The van der Waals surface area contributed by atoms with Crippen LogP contribution in [0.5, 0.6) is 0 Å². The second-order valence-corrected chi connectivity index (χ2v) is 4.64. The lowest BCUT2D eigenvalue weighted by atomic mass is 9.99. The number of halogens is 1. The Bertz CT molecular complexity index is 560. The Morgan fingerprint density at radius 2 is 1.68 bits per heavy atom. The molecule has 1 aromatic rings. The second-order valence-electron chi connectivity index (χ2n) is 4.64. The monoisotopic (exact) mass is 316 g/mol. The van der Waals surface area contributed by atoms with Gasteiger partial charge >= 0.3 is 11.9 Å². The van der Waals surface area contributed by atoms with E-state index in [1.165, 1.54) is 0 Å². The first kappa shape index (κ1) is 16.3. The van der Waals surface area contributed by atoms with E-state index in [1.807, 2.05) is 0 Å². The number of aliphatic carboxylic acids is 1. The van der Waals surface area contributed by atoms with Crippen molar-refractivity contribution < 1.29 is 43.9 Å². The molecule has 1 fully saturated rings. The zero-order chi connectivity index (χ0) is 16.4. The minimum absolute atomic E-state index is 0.0596. The fourth-order valence-corrected chi connectivity index (χ4v) is 1.96. The Morgan fingerprint density at radius 1 is 1.09 bits per heavy atom. The molecule has 1 aromatic carbocycles. The van der Waals surface area contributed by atoms with Crippen LogP contribution in [0.25, 0.3) is 0 Å². The quantitative estimate of drug-likeness (QED) is 0.515. The summed E-state index contributed by atoms with van der Waals surface area (Å²) in [6.07, 6.45) is -9.25. The maximum atomic E-state index is 12.8. The molecule has 1 saturated heterocycles. The molecule has 0 spiro atoms. The molecule has 8 nitrogen and oxygen atoms in total. The van der Waals surface area contributed by atoms with Crippen LogP contribution in [0.2, 0.25) is 0 Å². The maximum Gasteiger partial charge on any atom is 0.338 e. The smallest absolute Gasteiger partial charge is 0.338 e. The van der Waals surface area contributed by atoms with Crippen LogP contribution in [0.15, 0.2) is 24.3 Å². The van der Waals surface area contributed by atoms with E-state index in [2.05, 4.69) is 4.74 Å². The molecule has 1 aliphatic rings. The minimum Gasteiger partial charge on any atom is -0.479 e. The fraction of sp³-hybridized carbons (Fsp3) is 0.385. The van der Waals surface area contributed by atoms with Crippen LogP contribution in [0.1, 0.15) is 10.4 Å². The third kappa shape index (κ3) is 3.22. The standard InChI is InChI=1S/C13H13FO8/c14-6-3-1-5(2-4-6)12(19)22-10-8(16)7(15)9(11(17)18)21-13(10)20/h1-4,7-10,13,15-16,20H,(H,17,18)/t7-,8-,9-,10+,13-/m0/s1. The number of carboxylic acid groups (broad SMARTS) is 1. The first-order valence-corrected chi connectivity index (χ1v) is 6.20. The van der Waals surface area contributed by atoms with E-state index in [0.717, 1.165) is 24.3 Å². The van der Waals surface area contributed by atoms with Gasteiger partial charge in [-0.1, -0.05) is 0 Å². The number of carbonyl (C=O) groups excluding carboxylic acids is 1. The molecule has 0 unspecified atom stereocenters. The van der Waals surface area contributed by atoms with Crippen LogP contribution in [0.4, 0.5) is 4.39 Å². The van der Waals surface area contributed by atoms with Crippen LogP contribution in [0.3, 0.4) is 0 Å². The van der Waals surface area contributed by atoms with Crippen LogP contribution in [-0.4, -0.2) is 63.1 Å². The number of carbonyl (C=O) groups is 2. The summed E-state index contributed by atoms with van der Waals surface area (Å²) in [7, 11) is 0. The number of aliphatic hydroxyl groups excluding tert-OH is 3. The Labute approximate surface area is 123 Å². The number of esters is 1.